The first kappa shape index (κ1) is 17.5. The first-order chi connectivity index (χ1) is 11.1. The van der Waals surface area contributed by atoms with Gasteiger partial charge in [0.05, 0.1) is 5.70 Å². The molecule has 1 aliphatic rings. The molecule has 0 aliphatic carbocycles. The smallest absolute Gasteiger partial charge is 0.0671 e. The third kappa shape index (κ3) is 4.31. The molecule has 1 aliphatic heterocycles. The van der Waals surface area contributed by atoms with Gasteiger partial charge in [-0.25, -0.2) is 0 Å². The van der Waals surface area contributed by atoms with E-state index in [0.717, 1.165) is 31.4 Å². The molecule has 1 aromatic rings. The van der Waals surface area contributed by atoms with Crippen molar-refractivity contribution in [3.8, 4) is 0 Å². The predicted molar refractivity (Wildman–Crippen MR) is 103 cm³/mol. The van der Waals surface area contributed by atoms with Crippen LogP contribution in [0.3, 0.4) is 0 Å². The normalized spacial score (nSPS) is 24.1. The second-order valence-corrected chi connectivity index (χ2v) is 6.42. The van der Waals surface area contributed by atoms with E-state index < -0.39 is 0 Å². The summed E-state index contributed by atoms with van der Waals surface area (Å²) < 4.78 is 0. The summed E-state index contributed by atoms with van der Waals surface area (Å²) in [7, 11) is 0. The first-order valence-corrected chi connectivity index (χ1v) is 8.76. The number of aliphatic imine (C=N–C) groups is 1. The minimum atomic E-state index is 0.907. The lowest BCUT2D eigenvalue weighted by molar-refractivity contribution is 0.842. The topological polar surface area (TPSA) is 12.4 Å². The van der Waals surface area contributed by atoms with E-state index in [1.54, 1.807) is 0 Å². The molecule has 0 N–H and O–H groups in total. The monoisotopic (exact) mass is 307 g/mol. The molecule has 1 heteroatoms. The Kier molecular flexibility index (Phi) is 6.15. The van der Waals surface area contributed by atoms with E-state index in [-0.39, 0.29) is 0 Å². The Labute approximate surface area is 141 Å². The number of allylic oxidation sites excluding steroid dienone is 4. The zero-order valence-corrected chi connectivity index (χ0v) is 15.1. The van der Waals surface area contributed by atoms with Crippen molar-refractivity contribution in [1.82, 2.24) is 0 Å². The maximum Gasteiger partial charge on any atom is 0.0671 e. The number of aryl methyl sites for hydroxylation is 1. The summed E-state index contributed by atoms with van der Waals surface area (Å²) in [6.45, 7) is 13.1. The largest absolute Gasteiger partial charge is 0.253 e. The standard InChI is InChI=1S/C22H29N/c1-6-10-19-15-16(3)13-14-22(23-18(5)20(19)7-2)21-12-9-8-11-17(21)4/h8-9,11-12,14H,3,6-7,10,13,15H2,1-2,4-5H3/b20-19-,22-14-,23-18+. The average Bonchev–Trinajstić information content (AvgIpc) is 2.57. The highest BCUT2D eigenvalue weighted by molar-refractivity contribution is 6.02. The number of benzene rings is 1. The molecule has 0 bridgehead atoms. The van der Waals surface area contributed by atoms with Crippen molar-refractivity contribution in [1.29, 1.82) is 0 Å². The summed E-state index contributed by atoms with van der Waals surface area (Å²) in [5.41, 5.74) is 9.00. The van der Waals surface area contributed by atoms with Gasteiger partial charge in [0.15, 0.2) is 0 Å². The van der Waals surface area contributed by atoms with E-state index in [9.17, 15) is 0 Å². The quantitative estimate of drug-likeness (QED) is 0.552. The third-order valence-electron chi connectivity index (χ3n) is 4.53. The van der Waals surface area contributed by atoms with Gasteiger partial charge in [-0.05, 0) is 50.7 Å². The van der Waals surface area contributed by atoms with E-state index in [1.807, 2.05) is 0 Å². The third-order valence-corrected chi connectivity index (χ3v) is 4.53. The molecule has 0 unspecified atom stereocenters. The zero-order chi connectivity index (χ0) is 16.8. The fourth-order valence-corrected chi connectivity index (χ4v) is 3.35. The molecule has 0 saturated heterocycles. The first-order valence-electron chi connectivity index (χ1n) is 8.76. The van der Waals surface area contributed by atoms with Gasteiger partial charge >= 0.3 is 0 Å². The van der Waals surface area contributed by atoms with E-state index in [0.29, 0.717) is 0 Å². The predicted octanol–water partition coefficient (Wildman–Crippen LogP) is 6.65. The molecule has 0 aromatic heterocycles. The Morgan fingerprint density at radius 1 is 1.13 bits per heavy atom. The molecule has 1 heterocycles. The lowest BCUT2D eigenvalue weighted by Crippen LogP contribution is -2.03. The van der Waals surface area contributed by atoms with Crippen LogP contribution in [0.4, 0.5) is 0 Å². The summed E-state index contributed by atoms with van der Waals surface area (Å²) in [6, 6.07) is 8.50. The molecule has 122 valence electrons. The van der Waals surface area contributed by atoms with Crippen LogP contribution in [0.15, 0.2) is 58.6 Å². The van der Waals surface area contributed by atoms with Crippen molar-refractivity contribution in [2.45, 2.75) is 59.8 Å². The second-order valence-electron chi connectivity index (χ2n) is 6.42. The fourth-order valence-electron chi connectivity index (χ4n) is 3.35. The van der Waals surface area contributed by atoms with Crippen LogP contribution in [0.5, 0.6) is 0 Å². The van der Waals surface area contributed by atoms with Crippen LogP contribution in [0.1, 0.15) is 64.0 Å². The summed E-state index contributed by atoms with van der Waals surface area (Å²) in [5, 5.41) is 0. The molecule has 1 nitrogen and oxygen atoms in total. The van der Waals surface area contributed by atoms with Crippen molar-refractivity contribution < 1.29 is 0 Å². The van der Waals surface area contributed by atoms with Crippen molar-refractivity contribution in [3.63, 3.8) is 0 Å². The Hall–Kier alpha value is -1.89. The van der Waals surface area contributed by atoms with Crippen LogP contribution >= 0.6 is 0 Å². The maximum absolute atomic E-state index is 5.03. The molecular formula is C22H29N. The van der Waals surface area contributed by atoms with Gasteiger partial charge < -0.3 is 0 Å². The van der Waals surface area contributed by atoms with Gasteiger partial charge in [0.2, 0.25) is 0 Å². The van der Waals surface area contributed by atoms with Gasteiger partial charge in [-0.15, -0.1) is 0 Å². The van der Waals surface area contributed by atoms with E-state index in [1.165, 1.54) is 40.0 Å². The van der Waals surface area contributed by atoms with E-state index in [2.05, 4.69) is 64.6 Å². The highest BCUT2D eigenvalue weighted by Gasteiger charge is 2.13. The maximum atomic E-state index is 5.03. The Morgan fingerprint density at radius 2 is 1.87 bits per heavy atom. The van der Waals surface area contributed by atoms with Crippen LogP contribution < -0.4 is 0 Å². The molecule has 0 saturated carbocycles. The summed E-state index contributed by atoms with van der Waals surface area (Å²) in [6.07, 6.45) is 7.54. The Bertz CT molecular complexity index is 671. The van der Waals surface area contributed by atoms with Crippen molar-refractivity contribution in [3.05, 3.63) is 64.8 Å². The number of hydrogen-bond donors (Lipinski definition) is 0. The lowest BCUT2D eigenvalue weighted by Gasteiger charge is -2.14. The summed E-state index contributed by atoms with van der Waals surface area (Å²) in [5.74, 6) is 0. The van der Waals surface area contributed by atoms with Crippen LogP contribution in [0.25, 0.3) is 5.70 Å². The molecule has 2 rings (SSSR count). The van der Waals surface area contributed by atoms with Gasteiger partial charge in [-0.2, -0.15) is 0 Å². The average molecular weight is 307 g/mol. The molecule has 0 spiro atoms. The summed E-state index contributed by atoms with van der Waals surface area (Å²) in [4.78, 5) is 5.03. The highest BCUT2D eigenvalue weighted by Crippen LogP contribution is 2.29. The summed E-state index contributed by atoms with van der Waals surface area (Å²) >= 11 is 0. The van der Waals surface area contributed by atoms with Gasteiger partial charge in [0, 0.05) is 11.3 Å². The van der Waals surface area contributed by atoms with Gasteiger partial charge in [-0.1, -0.05) is 68.3 Å². The van der Waals surface area contributed by atoms with Crippen LogP contribution in [-0.4, -0.2) is 5.71 Å². The van der Waals surface area contributed by atoms with Crippen molar-refractivity contribution in [2.24, 2.45) is 4.99 Å². The molecule has 23 heavy (non-hydrogen) atoms. The van der Waals surface area contributed by atoms with Crippen LogP contribution in [-0.2, 0) is 0 Å². The number of rotatable bonds is 4. The Balaban J connectivity index is 2.55. The molecule has 0 amide bonds. The second kappa shape index (κ2) is 8.10. The van der Waals surface area contributed by atoms with Crippen LogP contribution in [0, 0.1) is 6.92 Å². The van der Waals surface area contributed by atoms with Gasteiger partial charge in [-0.3, -0.25) is 4.99 Å². The van der Waals surface area contributed by atoms with E-state index >= 15 is 0 Å². The molecule has 1 aromatic carbocycles. The minimum absolute atomic E-state index is 0.907. The van der Waals surface area contributed by atoms with Gasteiger partial charge in [0.25, 0.3) is 0 Å². The molecular weight excluding hydrogens is 278 g/mol. The molecule has 0 radical (unpaired) electrons. The number of hydrogen-bond acceptors (Lipinski definition) is 1. The van der Waals surface area contributed by atoms with E-state index in [4.69, 9.17) is 4.99 Å². The van der Waals surface area contributed by atoms with Gasteiger partial charge in [0.1, 0.15) is 0 Å². The zero-order valence-electron chi connectivity index (χ0n) is 15.1. The highest BCUT2D eigenvalue weighted by atomic mass is 14.8. The lowest BCUT2D eigenvalue weighted by atomic mass is 9.92. The fraction of sp³-hybridized carbons (Fsp3) is 0.409. The minimum Gasteiger partial charge on any atom is -0.253 e. The van der Waals surface area contributed by atoms with Crippen LogP contribution in [0.2, 0.25) is 0 Å². The molecule has 0 fully saturated rings. The SMILES string of the molecule is C=C1C\C=C(c2ccccc2C)/N=C(C)/C(CC)=C(/CCC)C1. The Morgan fingerprint density at radius 3 is 2.52 bits per heavy atom. The van der Waals surface area contributed by atoms with Crippen molar-refractivity contribution >= 4 is 11.4 Å². The molecule has 0 atom stereocenters. The van der Waals surface area contributed by atoms with Crippen molar-refractivity contribution in [2.75, 3.05) is 0 Å². The number of nitrogens with zero attached hydrogens (tertiary/aromatic N) is 1.